The van der Waals surface area contributed by atoms with Crippen LogP contribution in [0.2, 0.25) is 0 Å². The lowest BCUT2D eigenvalue weighted by molar-refractivity contribution is -0.120. The molecule has 112 valence electrons. The number of amides is 1. The van der Waals surface area contributed by atoms with Gasteiger partial charge in [-0.1, -0.05) is 26.0 Å². The molecular weight excluding hydrogens is 256 g/mol. The predicted molar refractivity (Wildman–Crippen MR) is 78.7 cm³/mol. The summed E-state index contributed by atoms with van der Waals surface area (Å²) >= 11 is 0. The van der Waals surface area contributed by atoms with Gasteiger partial charge >= 0.3 is 0 Å². The number of nitrogens with one attached hydrogen (secondary N) is 2. The van der Waals surface area contributed by atoms with Gasteiger partial charge in [-0.2, -0.15) is 0 Å². The normalized spacial score (nSPS) is 12.2. The molecule has 1 unspecified atom stereocenters. The minimum atomic E-state index is -0.640. The maximum absolute atomic E-state index is 11.5. The number of hydrogen-bond donors (Lipinski definition) is 3. The summed E-state index contributed by atoms with van der Waals surface area (Å²) in [5.41, 5.74) is 0.792. The van der Waals surface area contributed by atoms with Crippen molar-refractivity contribution in [2.75, 3.05) is 26.7 Å². The zero-order valence-corrected chi connectivity index (χ0v) is 12.3. The molecule has 1 amide bonds. The van der Waals surface area contributed by atoms with E-state index in [9.17, 15) is 9.90 Å². The third-order valence-corrected chi connectivity index (χ3v) is 2.83. The van der Waals surface area contributed by atoms with Crippen molar-refractivity contribution in [1.82, 2.24) is 10.6 Å². The molecule has 0 heterocycles. The number of carbonyl (C=O) groups excluding carboxylic acids is 1. The lowest BCUT2D eigenvalue weighted by Gasteiger charge is -2.13. The predicted octanol–water partition coefficient (Wildman–Crippen LogP) is 1.09. The van der Waals surface area contributed by atoms with Crippen molar-refractivity contribution in [3.8, 4) is 5.75 Å². The average molecular weight is 280 g/mol. The van der Waals surface area contributed by atoms with Crippen LogP contribution in [0.25, 0.3) is 0 Å². The summed E-state index contributed by atoms with van der Waals surface area (Å²) in [5.74, 6) is 1.13. The number of methoxy groups -OCH3 is 1. The third kappa shape index (κ3) is 6.04. The SMILES string of the molecule is COc1ccc(C(O)CNCC(=O)NCC(C)C)cc1. The van der Waals surface area contributed by atoms with Crippen molar-refractivity contribution in [1.29, 1.82) is 0 Å². The van der Waals surface area contributed by atoms with Crippen molar-refractivity contribution < 1.29 is 14.6 Å². The molecule has 0 aliphatic rings. The van der Waals surface area contributed by atoms with Crippen molar-refractivity contribution in [2.45, 2.75) is 20.0 Å². The van der Waals surface area contributed by atoms with Gasteiger partial charge < -0.3 is 20.5 Å². The minimum absolute atomic E-state index is 0.0550. The standard InChI is InChI=1S/C15H24N2O3/c1-11(2)8-17-15(19)10-16-9-14(18)12-4-6-13(20-3)7-5-12/h4-7,11,14,16,18H,8-10H2,1-3H3,(H,17,19). The first-order valence-corrected chi connectivity index (χ1v) is 6.82. The van der Waals surface area contributed by atoms with Gasteiger partial charge in [0.05, 0.1) is 19.8 Å². The molecule has 0 saturated heterocycles. The second-order valence-electron chi connectivity index (χ2n) is 5.12. The van der Waals surface area contributed by atoms with Crippen LogP contribution in [0.4, 0.5) is 0 Å². The summed E-state index contributed by atoms with van der Waals surface area (Å²) in [4.78, 5) is 11.5. The van der Waals surface area contributed by atoms with Gasteiger partial charge in [0.2, 0.25) is 5.91 Å². The molecular formula is C15H24N2O3. The van der Waals surface area contributed by atoms with Gasteiger partial charge in [0.15, 0.2) is 0 Å². The highest BCUT2D eigenvalue weighted by Crippen LogP contribution is 2.16. The smallest absolute Gasteiger partial charge is 0.233 e. The van der Waals surface area contributed by atoms with Crippen LogP contribution in [0.3, 0.4) is 0 Å². The summed E-state index contributed by atoms with van der Waals surface area (Å²) in [6, 6.07) is 7.22. The second kappa shape index (κ2) is 8.55. The molecule has 5 nitrogen and oxygen atoms in total. The third-order valence-electron chi connectivity index (χ3n) is 2.83. The zero-order valence-electron chi connectivity index (χ0n) is 12.3. The Labute approximate surface area is 120 Å². The summed E-state index contributed by atoms with van der Waals surface area (Å²) in [6.45, 7) is 5.30. The van der Waals surface area contributed by atoms with Crippen molar-refractivity contribution in [3.63, 3.8) is 0 Å². The molecule has 0 fully saturated rings. The number of aliphatic hydroxyl groups excluding tert-OH is 1. The molecule has 0 aliphatic heterocycles. The van der Waals surface area contributed by atoms with Crippen LogP contribution in [0.5, 0.6) is 5.75 Å². The molecule has 20 heavy (non-hydrogen) atoms. The van der Waals surface area contributed by atoms with Crippen molar-refractivity contribution in [2.24, 2.45) is 5.92 Å². The Kier molecular flexibility index (Phi) is 7.04. The Bertz CT molecular complexity index is 404. The molecule has 5 heteroatoms. The number of benzene rings is 1. The van der Waals surface area contributed by atoms with Crippen LogP contribution < -0.4 is 15.4 Å². The molecule has 0 saturated carbocycles. The van der Waals surface area contributed by atoms with Crippen LogP contribution in [0.15, 0.2) is 24.3 Å². The van der Waals surface area contributed by atoms with E-state index in [4.69, 9.17) is 4.74 Å². The fourth-order valence-corrected chi connectivity index (χ4v) is 1.65. The maximum atomic E-state index is 11.5. The minimum Gasteiger partial charge on any atom is -0.497 e. The van der Waals surface area contributed by atoms with Gasteiger partial charge in [-0.25, -0.2) is 0 Å². The van der Waals surface area contributed by atoms with E-state index in [2.05, 4.69) is 10.6 Å². The Hall–Kier alpha value is -1.59. The van der Waals surface area contributed by atoms with E-state index in [1.54, 1.807) is 19.2 Å². The van der Waals surface area contributed by atoms with Crippen LogP contribution in [0.1, 0.15) is 25.5 Å². The van der Waals surface area contributed by atoms with E-state index in [1.165, 1.54) is 0 Å². The first-order chi connectivity index (χ1) is 9.52. The second-order valence-corrected chi connectivity index (χ2v) is 5.12. The van der Waals surface area contributed by atoms with Gasteiger partial charge in [0, 0.05) is 13.1 Å². The van der Waals surface area contributed by atoms with Gasteiger partial charge in [-0.05, 0) is 23.6 Å². The van der Waals surface area contributed by atoms with Gasteiger partial charge in [-0.3, -0.25) is 4.79 Å². The van der Waals surface area contributed by atoms with E-state index in [0.717, 1.165) is 11.3 Å². The average Bonchev–Trinajstić information content (AvgIpc) is 2.45. The highest BCUT2D eigenvalue weighted by atomic mass is 16.5. The lowest BCUT2D eigenvalue weighted by atomic mass is 10.1. The number of hydrogen-bond acceptors (Lipinski definition) is 4. The molecule has 0 bridgehead atoms. The molecule has 1 aromatic carbocycles. The molecule has 3 N–H and O–H groups in total. The Morgan fingerprint density at radius 1 is 1.25 bits per heavy atom. The first kappa shape index (κ1) is 16.5. The first-order valence-electron chi connectivity index (χ1n) is 6.82. The monoisotopic (exact) mass is 280 g/mol. The lowest BCUT2D eigenvalue weighted by Crippen LogP contribution is -2.37. The van der Waals surface area contributed by atoms with Crippen molar-refractivity contribution in [3.05, 3.63) is 29.8 Å². The zero-order chi connectivity index (χ0) is 15.0. The highest BCUT2D eigenvalue weighted by molar-refractivity contribution is 5.77. The number of rotatable bonds is 8. The topological polar surface area (TPSA) is 70.6 Å². The Morgan fingerprint density at radius 2 is 1.90 bits per heavy atom. The molecule has 0 radical (unpaired) electrons. The van der Waals surface area contributed by atoms with E-state index >= 15 is 0 Å². The van der Waals surface area contributed by atoms with E-state index in [1.807, 2.05) is 26.0 Å². The van der Waals surface area contributed by atoms with Crippen LogP contribution in [-0.2, 0) is 4.79 Å². The van der Waals surface area contributed by atoms with Gasteiger partial charge in [-0.15, -0.1) is 0 Å². The largest absolute Gasteiger partial charge is 0.497 e. The van der Waals surface area contributed by atoms with E-state index < -0.39 is 6.10 Å². The van der Waals surface area contributed by atoms with E-state index in [0.29, 0.717) is 19.0 Å². The molecule has 0 aliphatic carbocycles. The van der Waals surface area contributed by atoms with E-state index in [-0.39, 0.29) is 12.5 Å². The summed E-state index contributed by atoms with van der Waals surface area (Å²) in [7, 11) is 1.60. The Morgan fingerprint density at radius 3 is 2.45 bits per heavy atom. The van der Waals surface area contributed by atoms with Crippen LogP contribution in [0, 0.1) is 5.92 Å². The molecule has 1 aromatic rings. The summed E-state index contributed by atoms with van der Waals surface area (Å²) in [5, 5.41) is 15.7. The van der Waals surface area contributed by atoms with Gasteiger partial charge in [0.25, 0.3) is 0 Å². The van der Waals surface area contributed by atoms with Gasteiger partial charge in [0.1, 0.15) is 5.75 Å². The van der Waals surface area contributed by atoms with Crippen LogP contribution in [-0.4, -0.2) is 37.8 Å². The summed E-state index contributed by atoms with van der Waals surface area (Å²) in [6.07, 6.45) is -0.640. The molecule has 0 aromatic heterocycles. The number of carbonyl (C=O) groups is 1. The molecule has 0 spiro atoms. The quantitative estimate of drug-likeness (QED) is 0.666. The number of ether oxygens (including phenoxy) is 1. The fraction of sp³-hybridized carbons (Fsp3) is 0.533. The Balaban J connectivity index is 2.28. The molecule has 1 atom stereocenters. The fourth-order valence-electron chi connectivity index (χ4n) is 1.65. The van der Waals surface area contributed by atoms with Crippen LogP contribution >= 0.6 is 0 Å². The molecule has 1 rings (SSSR count). The number of aliphatic hydroxyl groups is 1. The van der Waals surface area contributed by atoms with Crippen molar-refractivity contribution >= 4 is 5.91 Å². The highest BCUT2D eigenvalue weighted by Gasteiger charge is 2.08. The maximum Gasteiger partial charge on any atom is 0.233 e. The summed E-state index contributed by atoms with van der Waals surface area (Å²) < 4.78 is 5.06.